The number of amides is 2. The molecule has 0 bridgehead atoms. The van der Waals surface area contributed by atoms with E-state index >= 15 is 0 Å². The molecule has 0 aliphatic carbocycles. The molecule has 1 fully saturated rings. The van der Waals surface area contributed by atoms with Gasteiger partial charge in [0, 0.05) is 18.7 Å². The summed E-state index contributed by atoms with van der Waals surface area (Å²) in [5.74, 6) is 0.493. The molecule has 8 heteroatoms. The highest BCUT2D eigenvalue weighted by molar-refractivity contribution is 7.12. The molecule has 2 heterocycles. The van der Waals surface area contributed by atoms with Crippen molar-refractivity contribution in [1.82, 2.24) is 4.90 Å². The predicted molar refractivity (Wildman–Crippen MR) is 102 cm³/mol. The van der Waals surface area contributed by atoms with Crippen LogP contribution in [0.25, 0.3) is 0 Å². The van der Waals surface area contributed by atoms with Gasteiger partial charge >= 0.3 is 0 Å². The Labute approximate surface area is 160 Å². The average Bonchev–Trinajstić information content (AvgIpc) is 3.33. The maximum Gasteiger partial charge on any atom is 0.264 e. The molecule has 3 rings (SSSR count). The Bertz CT molecular complexity index is 810. The zero-order valence-corrected chi connectivity index (χ0v) is 16.0. The SMILES string of the molecule is COc1cc(NC(=O)C2CCCN2C(=O)c2cccs2)c(OC)cc1Cl. The van der Waals surface area contributed by atoms with Gasteiger partial charge in [-0.3, -0.25) is 9.59 Å². The van der Waals surface area contributed by atoms with Gasteiger partial charge in [0.25, 0.3) is 5.91 Å². The first-order chi connectivity index (χ1) is 12.5. The van der Waals surface area contributed by atoms with Crippen LogP contribution >= 0.6 is 22.9 Å². The molecule has 138 valence electrons. The van der Waals surface area contributed by atoms with Crippen LogP contribution in [0.1, 0.15) is 22.5 Å². The molecule has 0 spiro atoms. The van der Waals surface area contributed by atoms with Gasteiger partial charge in [0.05, 0.1) is 29.8 Å². The highest BCUT2D eigenvalue weighted by Crippen LogP contribution is 2.36. The first kappa shape index (κ1) is 18.5. The summed E-state index contributed by atoms with van der Waals surface area (Å²) in [6.45, 7) is 0.565. The maximum atomic E-state index is 12.8. The predicted octanol–water partition coefficient (Wildman–Crippen LogP) is 3.66. The molecule has 1 aliphatic heterocycles. The normalized spacial score (nSPS) is 16.4. The first-order valence-electron chi connectivity index (χ1n) is 8.12. The third-order valence-corrected chi connectivity index (χ3v) is 5.43. The largest absolute Gasteiger partial charge is 0.495 e. The number of ether oxygens (including phenoxy) is 2. The van der Waals surface area contributed by atoms with Crippen molar-refractivity contribution in [3.05, 3.63) is 39.5 Å². The summed E-state index contributed by atoms with van der Waals surface area (Å²) in [5, 5.41) is 5.08. The lowest BCUT2D eigenvalue weighted by atomic mass is 10.2. The second kappa shape index (κ2) is 7.97. The summed E-state index contributed by atoms with van der Waals surface area (Å²) in [6.07, 6.45) is 1.41. The van der Waals surface area contributed by atoms with Gasteiger partial charge in [-0.05, 0) is 24.3 Å². The molecular formula is C18H19ClN2O4S. The molecular weight excluding hydrogens is 376 g/mol. The number of halogens is 1. The van der Waals surface area contributed by atoms with Gasteiger partial charge < -0.3 is 19.7 Å². The van der Waals surface area contributed by atoms with Crippen molar-refractivity contribution in [2.24, 2.45) is 0 Å². The number of anilines is 1. The van der Waals surface area contributed by atoms with E-state index in [9.17, 15) is 9.59 Å². The van der Waals surface area contributed by atoms with Crippen molar-refractivity contribution in [3.63, 3.8) is 0 Å². The summed E-state index contributed by atoms with van der Waals surface area (Å²) in [4.78, 5) is 27.7. The van der Waals surface area contributed by atoms with E-state index in [0.717, 1.165) is 6.42 Å². The molecule has 1 N–H and O–H groups in total. The van der Waals surface area contributed by atoms with Crippen LogP contribution in [0.15, 0.2) is 29.6 Å². The Morgan fingerprint density at radius 3 is 2.69 bits per heavy atom. The number of rotatable bonds is 5. The fourth-order valence-corrected chi connectivity index (χ4v) is 3.91. The summed E-state index contributed by atoms with van der Waals surface area (Å²) in [7, 11) is 2.99. The van der Waals surface area contributed by atoms with Gasteiger partial charge in [-0.25, -0.2) is 0 Å². The Kier molecular flexibility index (Phi) is 5.68. The minimum atomic E-state index is -0.518. The van der Waals surface area contributed by atoms with Gasteiger partial charge in [0.1, 0.15) is 17.5 Å². The fraction of sp³-hybridized carbons (Fsp3) is 0.333. The minimum Gasteiger partial charge on any atom is -0.495 e. The molecule has 1 aliphatic rings. The van der Waals surface area contributed by atoms with Gasteiger partial charge in [0.2, 0.25) is 5.91 Å². The van der Waals surface area contributed by atoms with Crippen molar-refractivity contribution >= 4 is 40.4 Å². The summed E-state index contributed by atoms with van der Waals surface area (Å²) in [5.41, 5.74) is 0.453. The lowest BCUT2D eigenvalue weighted by molar-refractivity contribution is -0.119. The summed E-state index contributed by atoms with van der Waals surface area (Å²) < 4.78 is 10.5. The number of likely N-dealkylation sites (tertiary alicyclic amines) is 1. The monoisotopic (exact) mass is 394 g/mol. The van der Waals surface area contributed by atoms with Gasteiger partial charge in [-0.1, -0.05) is 17.7 Å². The lowest BCUT2D eigenvalue weighted by Crippen LogP contribution is -2.43. The summed E-state index contributed by atoms with van der Waals surface area (Å²) >= 11 is 7.47. The van der Waals surface area contributed by atoms with Crippen molar-refractivity contribution in [3.8, 4) is 11.5 Å². The molecule has 0 saturated carbocycles. The van der Waals surface area contributed by atoms with Crippen LogP contribution in [0, 0.1) is 0 Å². The summed E-state index contributed by atoms with van der Waals surface area (Å²) in [6, 6.07) is 6.27. The number of benzene rings is 1. The highest BCUT2D eigenvalue weighted by atomic mass is 35.5. The molecule has 6 nitrogen and oxygen atoms in total. The third-order valence-electron chi connectivity index (χ3n) is 4.28. The molecule has 1 unspecified atom stereocenters. The van der Waals surface area contributed by atoms with E-state index in [1.807, 2.05) is 11.4 Å². The highest BCUT2D eigenvalue weighted by Gasteiger charge is 2.35. The second-order valence-electron chi connectivity index (χ2n) is 5.81. The van der Waals surface area contributed by atoms with E-state index in [1.165, 1.54) is 25.6 Å². The topological polar surface area (TPSA) is 67.9 Å². The second-order valence-corrected chi connectivity index (χ2v) is 7.17. The molecule has 1 aromatic carbocycles. The number of hydrogen-bond donors (Lipinski definition) is 1. The van der Waals surface area contributed by atoms with Crippen molar-refractivity contribution in [2.45, 2.75) is 18.9 Å². The quantitative estimate of drug-likeness (QED) is 0.840. The van der Waals surface area contributed by atoms with Crippen molar-refractivity contribution in [1.29, 1.82) is 0 Å². The first-order valence-corrected chi connectivity index (χ1v) is 9.37. The fourth-order valence-electron chi connectivity index (χ4n) is 3.00. The van der Waals surface area contributed by atoms with E-state index in [-0.39, 0.29) is 11.8 Å². The van der Waals surface area contributed by atoms with Crippen LogP contribution in [0.3, 0.4) is 0 Å². The zero-order valence-electron chi connectivity index (χ0n) is 14.5. The molecule has 1 aromatic heterocycles. The molecule has 0 radical (unpaired) electrons. The van der Waals surface area contributed by atoms with Crippen LogP contribution < -0.4 is 14.8 Å². The van der Waals surface area contributed by atoms with Crippen LogP contribution in [0.2, 0.25) is 5.02 Å². The van der Waals surface area contributed by atoms with Gasteiger partial charge in [-0.2, -0.15) is 0 Å². The Morgan fingerprint density at radius 2 is 2.04 bits per heavy atom. The number of nitrogens with one attached hydrogen (secondary N) is 1. The number of nitrogens with zero attached hydrogens (tertiary/aromatic N) is 1. The molecule has 1 saturated heterocycles. The van der Waals surface area contributed by atoms with Gasteiger partial charge in [-0.15, -0.1) is 11.3 Å². The van der Waals surface area contributed by atoms with E-state index in [1.54, 1.807) is 23.1 Å². The van der Waals surface area contributed by atoms with E-state index in [0.29, 0.717) is 40.1 Å². The Hall–Kier alpha value is -2.25. The molecule has 2 amide bonds. The number of thiophene rings is 1. The van der Waals surface area contributed by atoms with Crippen molar-refractivity contribution < 1.29 is 19.1 Å². The zero-order chi connectivity index (χ0) is 18.7. The molecule has 1 atom stereocenters. The number of hydrogen-bond acceptors (Lipinski definition) is 5. The smallest absolute Gasteiger partial charge is 0.264 e. The minimum absolute atomic E-state index is 0.113. The number of carbonyl (C=O) groups is 2. The number of methoxy groups -OCH3 is 2. The van der Waals surface area contributed by atoms with E-state index < -0.39 is 6.04 Å². The Morgan fingerprint density at radius 1 is 1.27 bits per heavy atom. The third kappa shape index (κ3) is 3.64. The van der Waals surface area contributed by atoms with Crippen LogP contribution in [0.5, 0.6) is 11.5 Å². The van der Waals surface area contributed by atoms with Crippen LogP contribution in [-0.4, -0.2) is 43.5 Å². The van der Waals surface area contributed by atoms with Crippen LogP contribution in [-0.2, 0) is 4.79 Å². The van der Waals surface area contributed by atoms with Crippen molar-refractivity contribution in [2.75, 3.05) is 26.1 Å². The van der Waals surface area contributed by atoms with Gasteiger partial charge in [0.15, 0.2) is 0 Å². The lowest BCUT2D eigenvalue weighted by Gasteiger charge is -2.24. The number of carbonyl (C=O) groups excluding carboxylic acids is 2. The maximum absolute atomic E-state index is 12.8. The molecule has 2 aromatic rings. The Balaban J connectivity index is 1.80. The van der Waals surface area contributed by atoms with E-state index in [4.69, 9.17) is 21.1 Å². The standard InChI is InChI=1S/C18H19ClN2O4S/c1-24-14-10-12(15(25-2)9-11(14)19)20-17(22)13-5-3-7-21(13)18(23)16-6-4-8-26-16/h4,6,8-10,13H,3,5,7H2,1-2H3,(H,20,22). The molecule has 26 heavy (non-hydrogen) atoms. The van der Waals surface area contributed by atoms with E-state index in [2.05, 4.69) is 5.32 Å². The van der Waals surface area contributed by atoms with Crippen LogP contribution in [0.4, 0.5) is 5.69 Å². The average molecular weight is 395 g/mol.